The Kier molecular flexibility index (Phi) is 4.22. The number of fused-ring (bicyclic) bond motifs is 1. The van der Waals surface area contributed by atoms with Crippen molar-refractivity contribution in [1.82, 2.24) is 19.3 Å². The summed E-state index contributed by atoms with van der Waals surface area (Å²) in [5.74, 6) is -0.345. The van der Waals surface area contributed by atoms with Gasteiger partial charge in [0.05, 0.1) is 28.5 Å². The molecule has 0 saturated heterocycles. The molecular formula is C18H11Cl2FN4O. The van der Waals surface area contributed by atoms with E-state index >= 15 is 0 Å². The third-order valence-electron chi connectivity index (χ3n) is 3.96. The predicted molar refractivity (Wildman–Crippen MR) is 98.6 cm³/mol. The highest BCUT2D eigenvalue weighted by Crippen LogP contribution is 2.23. The summed E-state index contributed by atoms with van der Waals surface area (Å²) in [5.41, 5.74) is 1.63. The maximum absolute atomic E-state index is 13.1. The monoisotopic (exact) mass is 388 g/mol. The number of nitrogens with zero attached hydrogens (tertiary/aromatic N) is 4. The molecule has 0 saturated carbocycles. The van der Waals surface area contributed by atoms with Gasteiger partial charge in [0.2, 0.25) is 0 Å². The fourth-order valence-corrected chi connectivity index (χ4v) is 2.99. The van der Waals surface area contributed by atoms with E-state index in [0.29, 0.717) is 33.3 Å². The van der Waals surface area contributed by atoms with Crippen LogP contribution in [0.25, 0.3) is 16.7 Å². The van der Waals surface area contributed by atoms with Gasteiger partial charge in [0.25, 0.3) is 5.56 Å². The number of benzene rings is 2. The van der Waals surface area contributed by atoms with Crippen LogP contribution in [0.1, 0.15) is 5.56 Å². The van der Waals surface area contributed by atoms with Crippen molar-refractivity contribution >= 4 is 34.2 Å². The van der Waals surface area contributed by atoms with Crippen molar-refractivity contribution in [2.75, 3.05) is 0 Å². The van der Waals surface area contributed by atoms with Gasteiger partial charge in [0.1, 0.15) is 17.5 Å². The van der Waals surface area contributed by atoms with E-state index in [-0.39, 0.29) is 11.4 Å². The normalized spacial score (nSPS) is 11.2. The standard InChI is InChI=1S/C18H11Cl2FN4O/c19-15-6-1-11(7-16(15)20)9-24-10-22-17-14(18(24)26)8-23-25(17)13-4-2-12(21)3-5-13/h1-8,10H,9H2. The molecule has 4 rings (SSSR count). The molecule has 8 heteroatoms. The molecule has 5 nitrogen and oxygen atoms in total. The molecule has 130 valence electrons. The van der Waals surface area contributed by atoms with Crippen LogP contribution in [0, 0.1) is 5.82 Å². The minimum absolute atomic E-state index is 0.227. The van der Waals surface area contributed by atoms with E-state index in [4.69, 9.17) is 23.2 Å². The topological polar surface area (TPSA) is 52.7 Å². The van der Waals surface area contributed by atoms with Crippen LogP contribution in [0.5, 0.6) is 0 Å². The number of aromatic nitrogens is 4. The molecule has 0 aliphatic rings. The Bertz CT molecular complexity index is 1170. The molecule has 0 fully saturated rings. The minimum atomic E-state index is -0.345. The van der Waals surface area contributed by atoms with E-state index < -0.39 is 0 Å². The molecule has 2 aromatic heterocycles. The van der Waals surface area contributed by atoms with Gasteiger partial charge in [-0.2, -0.15) is 5.10 Å². The number of hydrogen-bond acceptors (Lipinski definition) is 3. The molecule has 0 radical (unpaired) electrons. The Hall–Kier alpha value is -2.70. The quantitative estimate of drug-likeness (QED) is 0.531. The Morgan fingerprint density at radius 2 is 1.81 bits per heavy atom. The summed E-state index contributed by atoms with van der Waals surface area (Å²) in [6, 6.07) is 11.0. The SMILES string of the molecule is O=c1c2cnn(-c3ccc(F)cc3)c2ncn1Cc1ccc(Cl)c(Cl)c1. The van der Waals surface area contributed by atoms with Crippen LogP contribution in [-0.4, -0.2) is 19.3 Å². The van der Waals surface area contributed by atoms with Crippen molar-refractivity contribution in [3.63, 3.8) is 0 Å². The van der Waals surface area contributed by atoms with Crippen molar-refractivity contribution in [2.24, 2.45) is 0 Å². The molecule has 0 amide bonds. The highest BCUT2D eigenvalue weighted by Gasteiger charge is 2.12. The molecule has 0 unspecified atom stereocenters. The van der Waals surface area contributed by atoms with Gasteiger partial charge in [-0.3, -0.25) is 9.36 Å². The second-order valence-electron chi connectivity index (χ2n) is 5.70. The van der Waals surface area contributed by atoms with Crippen LogP contribution >= 0.6 is 23.2 Å². The number of hydrogen-bond donors (Lipinski definition) is 0. The van der Waals surface area contributed by atoms with E-state index in [0.717, 1.165) is 5.56 Å². The molecule has 4 aromatic rings. The fraction of sp³-hybridized carbons (Fsp3) is 0.0556. The lowest BCUT2D eigenvalue weighted by Gasteiger charge is -2.07. The Morgan fingerprint density at radius 3 is 2.54 bits per heavy atom. The molecule has 0 atom stereocenters. The first-order valence-corrected chi connectivity index (χ1v) is 8.41. The zero-order valence-corrected chi connectivity index (χ0v) is 14.7. The molecule has 0 aliphatic heterocycles. The molecule has 0 spiro atoms. The Labute approximate surface area is 157 Å². The number of halogens is 3. The summed E-state index contributed by atoms with van der Waals surface area (Å²) in [6.45, 7) is 0.306. The molecule has 0 N–H and O–H groups in total. The van der Waals surface area contributed by atoms with Crippen LogP contribution in [-0.2, 0) is 6.54 Å². The highest BCUT2D eigenvalue weighted by molar-refractivity contribution is 6.42. The van der Waals surface area contributed by atoms with E-state index in [1.165, 1.54) is 33.9 Å². The average Bonchev–Trinajstić information content (AvgIpc) is 3.06. The average molecular weight is 389 g/mol. The zero-order valence-electron chi connectivity index (χ0n) is 13.2. The van der Waals surface area contributed by atoms with Gasteiger partial charge < -0.3 is 0 Å². The first-order chi connectivity index (χ1) is 12.5. The van der Waals surface area contributed by atoms with E-state index in [2.05, 4.69) is 10.1 Å². The lowest BCUT2D eigenvalue weighted by molar-refractivity contribution is 0.627. The molecular weight excluding hydrogens is 378 g/mol. The van der Waals surface area contributed by atoms with Crippen molar-refractivity contribution in [3.05, 3.63) is 86.8 Å². The Morgan fingerprint density at radius 1 is 1.04 bits per heavy atom. The zero-order chi connectivity index (χ0) is 18.3. The van der Waals surface area contributed by atoms with Gasteiger partial charge in [-0.15, -0.1) is 0 Å². The molecule has 0 aliphatic carbocycles. The lowest BCUT2D eigenvalue weighted by Crippen LogP contribution is -2.21. The van der Waals surface area contributed by atoms with E-state index in [9.17, 15) is 9.18 Å². The molecule has 0 bridgehead atoms. The van der Waals surface area contributed by atoms with Crippen LogP contribution in [0.3, 0.4) is 0 Å². The van der Waals surface area contributed by atoms with Gasteiger partial charge in [0, 0.05) is 0 Å². The van der Waals surface area contributed by atoms with Crippen LogP contribution in [0.2, 0.25) is 10.0 Å². The lowest BCUT2D eigenvalue weighted by atomic mass is 10.2. The van der Waals surface area contributed by atoms with Crippen molar-refractivity contribution < 1.29 is 4.39 Å². The maximum atomic E-state index is 13.1. The second kappa shape index (κ2) is 6.55. The second-order valence-corrected chi connectivity index (χ2v) is 6.51. The first kappa shape index (κ1) is 16.8. The summed E-state index contributed by atoms with van der Waals surface area (Å²) in [6.07, 6.45) is 2.91. The predicted octanol–water partition coefficient (Wildman–Crippen LogP) is 4.08. The van der Waals surface area contributed by atoms with Gasteiger partial charge >= 0.3 is 0 Å². The van der Waals surface area contributed by atoms with Crippen LogP contribution in [0.4, 0.5) is 4.39 Å². The first-order valence-electron chi connectivity index (χ1n) is 7.66. The smallest absolute Gasteiger partial charge is 0.264 e. The molecule has 2 heterocycles. The van der Waals surface area contributed by atoms with Gasteiger partial charge in [0.15, 0.2) is 5.65 Å². The third kappa shape index (κ3) is 2.98. The van der Waals surface area contributed by atoms with Gasteiger partial charge in [-0.05, 0) is 42.0 Å². The number of rotatable bonds is 3. The summed E-state index contributed by atoms with van der Waals surface area (Å²) >= 11 is 11.9. The summed E-state index contributed by atoms with van der Waals surface area (Å²) in [7, 11) is 0. The summed E-state index contributed by atoms with van der Waals surface area (Å²) in [4.78, 5) is 17.1. The van der Waals surface area contributed by atoms with E-state index in [1.807, 2.05) is 0 Å². The largest absolute Gasteiger partial charge is 0.294 e. The van der Waals surface area contributed by atoms with Crippen molar-refractivity contribution in [2.45, 2.75) is 6.54 Å². The minimum Gasteiger partial charge on any atom is -0.294 e. The van der Waals surface area contributed by atoms with Crippen LogP contribution < -0.4 is 5.56 Å². The summed E-state index contributed by atoms with van der Waals surface area (Å²) in [5, 5.41) is 5.46. The van der Waals surface area contributed by atoms with E-state index in [1.54, 1.807) is 30.3 Å². The summed E-state index contributed by atoms with van der Waals surface area (Å²) < 4.78 is 16.1. The highest BCUT2D eigenvalue weighted by atomic mass is 35.5. The van der Waals surface area contributed by atoms with Crippen LogP contribution in [0.15, 0.2) is 59.8 Å². The van der Waals surface area contributed by atoms with Crippen molar-refractivity contribution in [3.8, 4) is 5.69 Å². The van der Waals surface area contributed by atoms with Gasteiger partial charge in [-0.1, -0.05) is 29.3 Å². The van der Waals surface area contributed by atoms with Gasteiger partial charge in [-0.25, -0.2) is 14.1 Å². The third-order valence-corrected chi connectivity index (χ3v) is 4.70. The maximum Gasteiger partial charge on any atom is 0.264 e. The molecule has 2 aromatic carbocycles. The molecule has 26 heavy (non-hydrogen) atoms. The Balaban J connectivity index is 1.75. The van der Waals surface area contributed by atoms with Crippen molar-refractivity contribution in [1.29, 1.82) is 0 Å². The fourth-order valence-electron chi connectivity index (χ4n) is 2.67.